The van der Waals surface area contributed by atoms with Crippen LogP contribution in [0.25, 0.3) is 0 Å². The van der Waals surface area contributed by atoms with Crippen molar-refractivity contribution in [3.05, 3.63) is 11.6 Å². The molecule has 0 bridgehead atoms. The highest BCUT2D eigenvalue weighted by atomic mass is 35.5. The second-order valence-electron chi connectivity index (χ2n) is 2.38. The van der Waals surface area contributed by atoms with E-state index in [4.69, 9.17) is 21.4 Å². The maximum absolute atomic E-state index is 8.37. The lowest BCUT2D eigenvalue weighted by Crippen LogP contribution is -2.18. The third-order valence-electron chi connectivity index (χ3n) is 1.19. The van der Waals surface area contributed by atoms with E-state index in [1.54, 1.807) is 0 Å². The first-order valence-electron chi connectivity index (χ1n) is 4.00. The maximum atomic E-state index is 8.37. The van der Waals surface area contributed by atoms with Crippen LogP contribution < -0.4 is 5.32 Å². The van der Waals surface area contributed by atoms with E-state index in [0.29, 0.717) is 24.8 Å². The van der Waals surface area contributed by atoms with Crippen molar-refractivity contribution in [2.75, 3.05) is 32.9 Å². The van der Waals surface area contributed by atoms with Gasteiger partial charge in [0.05, 0.1) is 13.2 Å². The van der Waals surface area contributed by atoms with E-state index >= 15 is 0 Å². The van der Waals surface area contributed by atoms with Crippen molar-refractivity contribution in [3.8, 4) is 0 Å². The minimum absolute atomic E-state index is 0.0892. The molecule has 4 heteroatoms. The number of aliphatic hydroxyl groups excluding tert-OH is 1. The number of aliphatic hydroxyl groups is 1. The van der Waals surface area contributed by atoms with Gasteiger partial charge in [-0.05, 0) is 13.0 Å². The molecule has 72 valence electrons. The van der Waals surface area contributed by atoms with Crippen molar-refractivity contribution >= 4 is 11.6 Å². The molecule has 0 aromatic rings. The van der Waals surface area contributed by atoms with Crippen molar-refractivity contribution in [2.45, 2.75) is 6.42 Å². The lowest BCUT2D eigenvalue weighted by Gasteiger charge is -2.03. The van der Waals surface area contributed by atoms with E-state index in [1.807, 2.05) is 0 Å². The lowest BCUT2D eigenvalue weighted by atomic mass is 10.4. The molecular formula is C8H16ClNO2. The van der Waals surface area contributed by atoms with Crippen LogP contribution >= 0.6 is 11.6 Å². The zero-order chi connectivity index (χ0) is 9.23. The number of ether oxygens (including phenoxy) is 1. The van der Waals surface area contributed by atoms with Gasteiger partial charge in [0, 0.05) is 18.2 Å². The predicted octanol–water partition coefficient (Wildman–Crippen LogP) is 0.728. The molecule has 0 rings (SSSR count). The lowest BCUT2D eigenvalue weighted by molar-refractivity contribution is 0.0908. The monoisotopic (exact) mass is 193 g/mol. The topological polar surface area (TPSA) is 41.5 Å². The average Bonchev–Trinajstić information content (AvgIpc) is 2.02. The van der Waals surface area contributed by atoms with Crippen molar-refractivity contribution in [1.82, 2.24) is 5.32 Å². The zero-order valence-corrected chi connectivity index (χ0v) is 7.94. The van der Waals surface area contributed by atoms with Crippen LogP contribution in [0.4, 0.5) is 0 Å². The Morgan fingerprint density at radius 3 is 2.83 bits per heavy atom. The standard InChI is InChI=1S/C8H16ClNO2/c1-8(9)7-10-3-2-5-12-6-4-11/h10-11H,1-7H2. The summed E-state index contributed by atoms with van der Waals surface area (Å²) in [4.78, 5) is 0. The van der Waals surface area contributed by atoms with E-state index in [-0.39, 0.29) is 6.61 Å². The highest BCUT2D eigenvalue weighted by molar-refractivity contribution is 6.29. The zero-order valence-electron chi connectivity index (χ0n) is 7.18. The van der Waals surface area contributed by atoms with Crippen LogP contribution in [0.1, 0.15) is 6.42 Å². The first-order chi connectivity index (χ1) is 5.77. The summed E-state index contributed by atoms with van der Waals surface area (Å²) >= 11 is 5.52. The summed E-state index contributed by atoms with van der Waals surface area (Å²) in [6.07, 6.45) is 0.921. The van der Waals surface area contributed by atoms with Crippen molar-refractivity contribution in [2.24, 2.45) is 0 Å². The highest BCUT2D eigenvalue weighted by Crippen LogP contribution is 1.91. The minimum atomic E-state index is 0.0892. The van der Waals surface area contributed by atoms with E-state index in [9.17, 15) is 0 Å². The molecule has 0 aromatic heterocycles. The molecule has 0 amide bonds. The molecule has 0 aliphatic carbocycles. The minimum Gasteiger partial charge on any atom is -0.394 e. The molecule has 0 aliphatic rings. The van der Waals surface area contributed by atoms with Crippen LogP contribution in [-0.2, 0) is 4.74 Å². The Bertz CT molecular complexity index is 120. The third-order valence-corrected chi connectivity index (χ3v) is 1.33. The molecule has 0 saturated heterocycles. The first-order valence-corrected chi connectivity index (χ1v) is 4.37. The Labute approximate surface area is 78.4 Å². The van der Waals surface area contributed by atoms with Gasteiger partial charge in [0.1, 0.15) is 0 Å². The Hall–Kier alpha value is -0.0900. The molecule has 0 heterocycles. The Kier molecular flexibility index (Phi) is 8.93. The molecule has 12 heavy (non-hydrogen) atoms. The van der Waals surface area contributed by atoms with Gasteiger partial charge >= 0.3 is 0 Å². The Morgan fingerprint density at radius 1 is 1.50 bits per heavy atom. The van der Waals surface area contributed by atoms with E-state index < -0.39 is 0 Å². The van der Waals surface area contributed by atoms with Gasteiger partial charge in [-0.3, -0.25) is 0 Å². The maximum Gasteiger partial charge on any atom is 0.0697 e. The fourth-order valence-electron chi connectivity index (χ4n) is 0.690. The molecule has 0 fully saturated rings. The van der Waals surface area contributed by atoms with Crippen LogP contribution in [0.5, 0.6) is 0 Å². The number of halogens is 1. The molecule has 0 aromatic carbocycles. The number of rotatable bonds is 8. The van der Waals surface area contributed by atoms with Gasteiger partial charge in [-0.25, -0.2) is 0 Å². The van der Waals surface area contributed by atoms with Crippen molar-refractivity contribution in [3.63, 3.8) is 0 Å². The summed E-state index contributed by atoms with van der Waals surface area (Å²) in [5.41, 5.74) is 0. The van der Waals surface area contributed by atoms with Gasteiger partial charge in [-0.15, -0.1) is 0 Å². The molecule has 0 unspecified atom stereocenters. The fourth-order valence-corrected chi connectivity index (χ4v) is 0.784. The number of hydrogen-bond acceptors (Lipinski definition) is 3. The smallest absolute Gasteiger partial charge is 0.0697 e. The van der Waals surface area contributed by atoms with Crippen LogP contribution in [0.15, 0.2) is 11.6 Å². The van der Waals surface area contributed by atoms with Crippen LogP contribution in [0.3, 0.4) is 0 Å². The van der Waals surface area contributed by atoms with Gasteiger partial charge in [0.2, 0.25) is 0 Å². The summed E-state index contributed by atoms with van der Waals surface area (Å²) in [5, 5.41) is 12.1. The molecule has 0 spiro atoms. The second-order valence-corrected chi connectivity index (χ2v) is 2.92. The molecule has 0 aliphatic heterocycles. The quantitative estimate of drug-likeness (QED) is 0.559. The van der Waals surface area contributed by atoms with E-state index in [0.717, 1.165) is 13.0 Å². The Balaban J connectivity index is 2.86. The summed E-state index contributed by atoms with van der Waals surface area (Å²) < 4.78 is 5.04. The highest BCUT2D eigenvalue weighted by Gasteiger charge is 1.89. The summed E-state index contributed by atoms with van der Waals surface area (Å²) in [5.74, 6) is 0. The molecular weight excluding hydrogens is 178 g/mol. The largest absolute Gasteiger partial charge is 0.394 e. The molecule has 2 N–H and O–H groups in total. The molecule has 0 atom stereocenters. The second kappa shape index (κ2) is 9.00. The number of nitrogens with one attached hydrogen (secondary N) is 1. The molecule has 0 saturated carbocycles. The normalized spacial score (nSPS) is 10.2. The SMILES string of the molecule is C=C(Cl)CNCCCOCCO. The van der Waals surface area contributed by atoms with Crippen LogP contribution in [0, 0.1) is 0 Å². The summed E-state index contributed by atoms with van der Waals surface area (Å²) in [6.45, 7) is 6.22. The fraction of sp³-hybridized carbons (Fsp3) is 0.750. The molecule has 3 nitrogen and oxygen atoms in total. The number of hydrogen-bond donors (Lipinski definition) is 2. The summed E-state index contributed by atoms with van der Waals surface area (Å²) in [6, 6.07) is 0. The van der Waals surface area contributed by atoms with Crippen LogP contribution in [-0.4, -0.2) is 38.0 Å². The van der Waals surface area contributed by atoms with Gasteiger partial charge in [0.15, 0.2) is 0 Å². The van der Waals surface area contributed by atoms with E-state index in [2.05, 4.69) is 11.9 Å². The van der Waals surface area contributed by atoms with E-state index in [1.165, 1.54) is 0 Å². The molecule has 0 radical (unpaired) electrons. The third kappa shape index (κ3) is 9.91. The van der Waals surface area contributed by atoms with Crippen molar-refractivity contribution in [1.29, 1.82) is 0 Å². The summed E-state index contributed by atoms with van der Waals surface area (Å²) in [7, 11) is 0. The van der Waals surface area contributed by atoms with Crippen LogP contribution in [0.2, 0.25) is 0 Å². The Morgan fingerprint density at radius 2 is 2.25 bits per heavy atom. The first kappa shape index (κ1) is 11.9. The van der Waals surface area contributed by atoms with Gasteiger partial charge in [-0.1, -0.05) is 18.2 Å². The average molecular weight is 194 g/mol. The van der Waals surface area contributed by atoms with Crippen molar-refractivity contribution < 1.29 is 9.84 Å². The predicted molar refractivity (Wildman–Crippen MR) is 50.4 cm³/mol. The van der Waals surface area contributed by atoms with Gasteiger partial charge < -0.3 is 15.2 Å². The van der Waals surface area contributed by atoms with Gasteiger partial charge in [0.25, 0.3) is 0 Å². The van der Waals surface area contributed by atoms with Gasteiger partial charge in [-0.2, -0.15) is 0 Å².